The monoisotopic (exact) mass is 134 g/mol. The van der Waals surface area contributed by atoms with Gasteiger partial charge in [-0.2, -0.15) is 0 Å². The molecule has 0 saturated carbocycles. The minimum atomic E-state index is 0.410. The summed E-state index contributed by atoms with van der Waals surface area (Å²) >= 11 is 0. The van der Waals surface area contributed by atoms with Crippen molar-refractivity contribution in [3.63, 3.8) is 0 Å². The van der Waals surface area contributed by atoms with Gasteiger partial charge >= 0.3 is 0 Å². The Morgan fingerprint density at radius 1 is 1.20 bits per heavy atom. The van der Waals surface area contributed by atoms with Gasteiger partial charge < -0.3 is 0 Å². The first kappa shape index (κ1) is 6.61. The fraction of sp³-hybridized carbons (Fsp3) is 0. The Hall–Kier alpha value is -1.51. The molecule has 0 saturated heterocycles. The summed E-state index contributed by atoms with van der Waals surface area (Å²) in [7, 11) is 0. The molecule has 0 unspecified atom stereocenters. The average molecular weight is 134 g/mol. The third-order valence-corrected chi connectivity index (χ3v) is 0.977. The van der Waals surface area contributed by atoms with Crippen molar-refractivity contribution in [3.05, 3.63) is 30.3 Å². The third kappa shape index (κ3) is 1.78. The molecule has 50 valence electrons. The molecule has 0 aliphatic heterocycles. The molecule has 10 heavy (non-hydrogen) atoms. The Kier molecular flexibility index (Phi) is 2.31. The number of hydrogen-bond acceptors (Lipinski definition) is 2. The van der Waals surface area contributed by atoms with E-state index in [0.717, 1.165) is 0 Å². The zero-order valence-electron chi connectivity index (χ0n) is 5.27. The summed E-state index contributed by atoms with van der Waals surface area (Å²) in [5.74, 6) is 0. The van der Waals surface area contributed by atoms with Crippen molar-refractivity contribution in [1.29, 1.82) is 0 Å². The van der Waals surface area contributed by atoms with Crippen molar-refractivity contribution in [3.8, 4) is 0 Å². The van der Waals surface area contributed by atoms with Crippen LogP contribution >= 0.6 is 0 Å². The highest BCUT2D eigenvalue weighted by molar-refractivity contribution is 5.47. The predicted molar refractivity (Wildman–Crippen MR) is 37.0 cm³/mol. The van der Waals surface area contributed by atoms with E-state index in [-0.39, 0.29) is 0 Å². The molecule has 0 spiro atoms. The second kappa shape index (κ2) is 3.50. The molecular weight excluding hydrogens is 128 g/mol. The number of carbonyl (C=O) groups excluding carboxylic acids is 1. The first-order valence-corrected chi connectivity index (χ1v) is 2.83. The second-order valence-electron chi connectivity index (χ2n) is 1.66. The summed E-state index contributed by atoms with van der Waals surface area (Å²) in [4.78, 5) is 9.72. The summed E-state index contributed by atoms with van der Waals surface area (Å²) in [6.07, 6.45) is 0.410. The minimum absolute atomic E-state index is 0.410. The summed E-state index contributed by atoms with van der Waals surface area (Å²) in [5, 5.41) is 6.77. The molecule has 3 heteroatoms. The van der Waals surface area contributed by atoms with E-state index in [1.807, 2.05) is 18.2 Å². The highest BCUT2D eigenvalue weighted by Gasteiger charge is 1.81. The SMILES string of the molecule is O=CN=Nc1ccccc1. The molecular formula is C7H6N2O. The van der Waals surface area contributed by atoms with E-state index in [1.54, 1.807) is 12.1 Å². The van der Waals surface area contributed by atoms with E-state index in [4.69, 9.17) is 0 Å². The third-order valence-electron chi connectivity index (χ3n) is 0.977. The largest absolute Gasteiger partial charge is 0.275 e. The van der Waals surface area contributed by atoms with Crippen LogP contribution < -0.4 is 0 Å². The van der Waals surface area contributed by atoms with Gasteiger partial charge in [-0.25, -0.2) is 0 Å². The Morgan fingerprint density at radius 2 is 1.90 bits per heavy atom. The predicted octanol–water partition coefficient (Wildman–Crippen LogP) is 1.93. The van der Waals surface area contributed by atoms with E-state index in [1.165, 1.54) is 0 Å². The normalized spacial score (nSPS) is 10.0. The van der Waals surface area contributed by atoms with Crippen LogP contribution in [0.25, 0.3) is 0 Å². The summed E-state index contributed by atoms with van der Waals surface area (Å²) < 4.78 is 0. The number of nitrogens with zero attached hydrogens (tertiary/aromatic N) is 2. The smallest absolute Gasteiger partial charge is 0.252 e. The van der Waals surface area contributed by atoms with Gasteiger partial charge in [0.25, 0.3) is 6.41 Å². The second-order valence-corrected chi connectivity index (χ2v) is 1.66. The van der Waals surface area contributed by atoms with Crippen LogP contribution in [0.3, 0.4) is 0 Å². The number of rotatable bonds is 2. The topological polar surface area (TPSA) is 41.8 Å². The number of benzene rings is 1. The van der Waals surface area contributed by atoms with Crippen LogP contribution in [0.5, 0.6) is 0 Å². The van der Waals surface area contributed by atoms with Gasteiger partial charge in [-0.05, 0) is 12.1 Å². The quantitative estimate of drug-likeness (QED) is 0.450. The number of carbonyl (C=O) groups is 1. The summed E-state index contributed by atoms with van der Waals surface area (Å²) in [5.41, 5.74) is 0.689. The van der Waals surface area contributed by atoms with Crippen LogP contribution in [-0.2, 0) is 4.79 Å². The molecule has 0 fully saturated rings. The van der Waals surface area contributed by atoms with Crippen LogP contribution in [0.1, 0.15) is 0 Å². The molecule has 1 rings (SSSR count). The van der Waals surface area contributed by atoms with Gasteiger partial charge in [0, 0.05) is 0 Å². The number of amides is 1. The first-order chi connectivity index (χ1) is 4.93. The average Bonchev–Trinajstić information content (AvgIpc) is 2.03. The lowest BCUT2D eigenvalue weighted by molar-refractivity contribution is -0.107. The Labute approximate surface area is 58.4 Å². The van der Waals surface area contributed by atoms with Gasteiger partial charge in [0.15, 0.2) is 0 Å². The number of azo groups is 1. The molecule has 1 aromatic carbocycles. The fourth-order valence-corrected chi connectivity index (χ4v) is 0.585. The van der Waals surface area contributed by atoms with Gasteiger partial charge in [-0.1, -0.05) is 18.2 Å². The van der Waals surface area contributed by atoms with Crippen molar-refractivity contribution < 1.29 is 4.79 Å². The Bertz CT molecular complexity index is 231. The van der Waals surface area contributed by atoms with Crippen molar-refractivity contribution >= 4 is 12.1 Å². The van der Waals surface area contributed by atoms with E-state index >= 15 is 0 Å². The van der Waals surface area contributed by atoms with Crippen LogP contribution in [0.2, 0.25) is 0 Å². The van der Waals surface area contributed by atoms with E-state index in [2.05, 4.69) is 10.2 Å². The van der Waals surface area contributed by atoms with E-state index < -0.39 is 0 Å². The number of hydrogen-bond donors (Lipinski definition) is 0. The highest BCUT2D eigenvalue weighted by Crippen LogP contribution is 2.08. The van der Waals surface area contributed by atoms with Crippen LogP contribution in [0.15, 0.2) is 40.6 Å². The van der Waals surface area contributed by atoms with Gasteiger partial charge in [-0.3, -0.25) is 4.79 Å². The van der Waals surface area contributed by atoms with Crippen molar-refractivity contribution in [1.82, 2.24) is 0 Å². The lowest BCUT2D eigenvalue weighted by Crippen LogP contribution is -1.61. The van der Waals surface area contributed by atoms with Crippen molar-refractivity contribution in [2.75, 3.05) is 0 Å². The molecule has 1 aromatic rings. The van der Waals surface area contributed by atoms with Crippen molar-refractivity contribution in [2.45, 2.75) is 0 Å². The maximum atomic E-state index is 9.72. The first-order valence-electron chi connectivity index (χ1n) is 2.83. The van der Waals surface area contributed by atoms with Gasteiger partial charge in [0.05, 0.1) is 5.69 Å². The van der Waals surface area contributed by atoms with E-state index in [9.17, 15) is 4.79 Å². The molecule has 0 radical (unpaired) electrons. The van der Waals surface area contributed by atoms with Crippen molar-refractivity contribution in [2.24, 2.45) is 10.2 Å². The maximum Gasteiger partial charge on any atom is 0.252 e. The standard InChI is InChI=1S/C7H6N2O/c10-6-8-9-7-4-2-1-3-5-7/h1-6H. The Balaban J connectivity index is 2.76. The van der Waals surface area contributed by atoms with Gasteiger partial charge in [0.1, 0.15) is 0 Å². The molecule has 0 atom stereocenters. The lowest BCUT2D eigenvalue weighted by Gasteiger charge is -1.84. The molecule has 0 N–H and O–H groups in total. The molecule has 0 aliphatic carbocycles. The molecule has 0 heterocycles. The maximum absolute atomic E-state index is 9.72. The lowest BCUT2D eigenvalue weighted by atomic mass is 10.3. The highest BCUT2D eigenvalue weighted by atomic mass is 16.1. The Morgan fingerprint density at radius 3 is 2.50 bits per heavy atom. The molecule has 0 aliphatic rings. The van der Waals surface area contributed by atoms with E-state index in [0.29, 0.717) is 12.1 Å². The zero-order chi connectivity index (χ0) is 7.23. The minimum Gasteiger partial charge on any atom is -0.275 e. The van der Waals surface area contributed by atoms with Gasteiger partial charge in [-0.15, -0.1) is 10.2 Å². The fourth-order valence-electron chi connectivity index (χ4n) is 0.585. The van der Waals surface area contributed by atoms with Crippen LogP contribution in [0, 0.1) is 0 Å². The summed E-state index contributed by atoms with van der Waals surface area (Å²) in [6.45, 7) is 0. The summed E-state index contributed by atoms with van der Waals surface area (Å²) in [6, 6.07) is 9.08. The molecule has 3 nitrogen and oxygen atoms in total. The molecule has 0 bridgehead atoms. The van der Waals surface area contributed by atoms with Crippen LogP contribution in [0.4, 0.5) is 5.69 Å². The zero-order valence-corrected chi connectivity index (χ0v) is 5.27. The molecule has 0 aromatic heterocycles. The van der Waals surface area contributed by atoms with Crippen LogP contribution in [-0.4, -0.2) is 6.41 Å². The molecule has 1 amide bonds. The van der Waals surface area contributed by atoms with Gasteiger partial charge in [0.2, 0.25) is 0 Å².